The summed E-state index contributed by atoms with van der Waals surface area (Å²) in [4.78, 5) is 16.0. The second kappa shape index (κ2) is 10.4. The molecule has 1 heterocycles. The van der Waals surface area contributed by atoms with Crippen molar-refractivity contribution in [3.8, 4) is 11.5 Å². The maximum Gasteiger partial charge on any atom is 0.409 e. The third-order valence-electron chi connectivity index (χ3n) is 5.89. The van der Waals surface area contributed by atoms with E-state index in [0.717, 1.165) is 28.1 Å². The molecule has 4 aromatic rings. The van der Waals surface area contributed by atoms with Crippen LogP contribution >= 0.6 is 0 Å². The molecule has 0 saturated heterocycles. The fourth-order valence-electron chi connectivity index (χ4n) is 3.66. The number of rotatable bonds is 11. The van der Waals surface area contributed by atoms with Crippen LogP contribution in [0.2, 0.25) is 0 Å². The lowest BCUT2D eigenvalue weighted by Crippen LogP contribution is -2.37. The molecular weight excluding hydrogens is 458 g/mol. The van der Waals surface area contributed by atoms with Crippen molar-refractivity contribution in [3.63, 3.8) is 0 Å². The molecule has 0 atom stereocenters. The fourth-order valence-corrected chi connectivity index (χ4v) is 3.66. The maximum atomic E-state index is 11.3. The summed E-state index contributed by atoms with van der Waals surface area (Å²) < 4.78 is 17.9. The number of aliphatic carboxylic acids is 1. The first-order valence-corrected chi connectivity index (χ1v) is 11.8. The molecule has 0 fully saturated rings. The normalized spacial score (nSPS) is 12.0. The average molecular weight is 491 g/mol. The summed E-state index contributed by atoms with van der Waals surface area (Å²) in [5, 5.41) is 12.6. The Morgan fingerprint density at radius 2 is 1.78 bits per heavy atom. The van der Waals surface area contributed by atoms with Crippen molar-refractivity contribution in [1.82, 2.24) is 14.8 Å². The Labute approximate surface area is 210 Å². The van der Waals surface area contributed by atoms with Gasteiger partial charge in [0.15, 0.2) is 11.2 Å². The number of quaternary nitrogens is 1. The summed E-state index contributed by atoms with van der Waals surface area (Å²) in [6, 6.07) is 23.7. The number of ether oxygens (including phenoxy) is 2. The number of oxazole rings is 1. The van der Waals surface area contributed by atoms with Crippen molar-refractivity contribution < 1.29 is 23.8 Å². The molecule has 0 unspecified atom stereocenters. The van der Waals surface area contributed by atoms with Crippen molar-refractivity contribution in [2.24, 2.45) is 0 Å². The van der Waals surface area contributed by atoms with Gasteiger partial charge in [0.05, 0.1) is 14.1 Å². The Bertz CT molecular complexity index is 1310. The molecule has 0 aliphatic rings. The largest absolute Gasteiger partial charge is 0.492 e. The summed E-state index contributed by atoms with van der Waals surface area (Å²) in [5.41, 5.74) is 2.29. The zero-order valence-corrected chi connectivity index (χ0v) is 21.0. The van der Waals surface area contributed by atoms with Crippen molar-refractivity contribution in [3.05, 3.63) is 78.4 Å². The number of nitrogens with zero attached hydrogens (tertiary/aromatic N) is 2. The van der Waals surface area contributed by atoms with Crippen LogP contribution in [0.15, 0.2) is 77.2 Å². The summed E-state index contributed by atoms with van der Waals surface area (Å²) in [6.07, 6.45) is 0. The van der Waals surface area contributed by atoms with E-state index in [4.69, 9.17) is 13.9 Å². The number of hydrogen-bond donors (Lipinski definition) is 2. The van der Waals surface area contributed by atoms with Gasteiger partial charge in [-0.15, -0.1) is 0 Å². The number of aromatic nitrogens is 1. The van der Waals surface area contributed by atoms with E-state index < -0.39 is 11.6 Å². The molecule has 8 heteroatoms. The summed E-state index contributed by atoms with van der Waals surface area (Å²) in [7, 11) is 4.06. The Kier molecular flexibility index (Phi) is 7.28. The second-order valence-corrected chi connectivity index (χ2v) is 9.51. The van der Waals surface area contributed by atoms with E-state index in [9.17, 15) is 9.90 Å². The molecule has 0 spiro atoms. The van der Waals surface area contributed by atoms with Crippen LogP contribution in [0.5, 0.6) is 11.5 Å². The zero-order valence-electron chi connectivity index (χ0n) is 21.0. The van der Waals surface area contributed by atoms with Gasteiger partial charge in [-0.05, 0) is 55.8 Å². The quantitative estimate of drug-likeness (QED) is 0.222. The first kappa shape index (κ1) is 25.2. The molecular formula is C28H32N3O5+. The minimum Gasteiger partial charge on any atom is -0.492 e. The molecule has 1 aromatic heterocycles. The Morgan fingerprint density at radius 3 is 2.56 bits per heavy atom. The van der Waals surface area contributed by atoms with Gasteiger partial charge in [-0.1, -0.05) is 30.3 Å². The van der Waals surface area contributed by atoms with Crippen LogP contribution < -0.4 is 19.3 Å². The molecule has 0 saturated carbocycles. The lowest BCUT2D eigenvalue weighted by atomic mass is 10.1. The van der Waals surface area contributed by atoms with Crippen molar-refractivity contribution in [2.45, 2.75) is 26.0 Å². The predicted molar refractivity (Wildman–Crippen MR) is 140 cm³/mol. The summed E-state index contributed by atoms with van der Waals surface area (Å²) in [6.45, 7) is 4.79. The highest BCUT2D eigenvalue weighted by Crippen LogP contribution is 2.34. The van der Waals surface area contributed by atoms with Gasteiger partial charge in [0.1, 0.15) is 29.3 Å². The molecule has 0 bridgehead atoms. The molecule has 36 heavy (non-hydrogen) atoms. The molecule has 0 aliphatic heterocycles. The Balaban J connectivity index is 1.30. The smallest absolute Gasteiger partial charge is 0.409 e. The van der Waals surface area contributed by atoms with Gasteiger partial charge in [-0.3, -0.25) is 0 Å². The molecule has 0 aliphatic carbocycles. The van der Waals surface area contributed by atoms with E-state index in [2.05, 4.69) is 10.3 Å². The van der Waals surface area contributed by atoms with E-state index in [1.54, 1.807) is 6.07 Å². The fraction of sp³-hybridized carbons (Fsp3) is 0.286. The van der Waals surface area contributed by atoms with Crippen LogP contribution in [0.4, 0.5) is 11.7 Å². The summed E-state index contributed by atoms with van der Waals surface area (Å²) in [5.74, 6) is 0.278. The van der Waals surface area contributed by atoms with Crippen LogP contribution in [0.3, 0.4) is 0 Å². The highest BCUT2D eigenvalue weighted by atomic mass is 16.5. The van der Waals surface area contributed by atoms with E-state index in [-0.39, 0.29) is 0 Å². The lowest BCUT2D eigenvalue weighted by Gasteiger charge is -2.24. The molecule has 8 nitrogen and oxygen atoms in total. The number of nitrogens with one attached hydrogen (secondary N) is 1. The van der Waals surface area contributed by atoms with Gasteiger partial charge < -0.3 is 24.3 Å². The first-order valence-electron chi connectivity index (χ1n) is 11.8. The predicted octanol–water partition coefficient (Wildman–Crippen LogP) is 5.14. The van der Waals surface area contributed by atoms with E-state index in [1.807, 2.05) is 80.8 Å². The number of carboxylic acid groups (broad SMARTS) is 1. The van der Waals surface area contributed by atoms with Gasteiger partial charge in [-0.2, -0.15) is 4.98 Å². The molecule has 0 amide bonds. The Morgan fingerprint density at radius 1 is 1.03 bits per heavy atom. The van der Waals surface area contributed by atoms with Crippen LogP contribution in [0.25, 0.3) is 11.1 Å². The second-order valence-electron chi connectivity index (χ2n) is 9.51. The van der Waals surface area contributed by atoms with Gasteiger partial charge in [-0.25, -0.2) is 9.28 Å². The van der Waals surface area contributed by atoms with Crippen molar-refractivity contribution in [1.29, 1.82) is 0 Å². The number of carboxylic acids is 1. The highest BCUT2D eigenvalue weighted by Gasteiger charge is 2.30. The number of hydrogen-bond acceptors (Lipinski definition) is 6. The molecule has 3 aromatic carbocycles. The van der Waals surface area contributed by atoms with Crippen LogP contribution in [0, 0.1) is 0 Å². The van der Waals surface area contributed by atoms with E-state index in [0.29, 0.717) is 35.9 Å². The molecule has 188 valence electrons. The van der Waals surface area contributed by atoms with Crippen molar-refractivity contribution >= 4 is 28.8 Å². The van der Waals surface area contributed by atoms with E-state index in [1.165, 1.54) is 13.8 Å². The standard InChI is InChI=1S/C28H31N3O5/c1-28(2,26(32)33)36-23-12-7-9-20(17-23)19-29-15-16-34-22-11-8-10-21(18-22)31(3,4)27-30-24-13-5-6-14-25(24)35-27/h5-14,17-18,29H,15-16,19H2,1-4H3/p+1. The molecule has 0 radical (unpaired) electrons. The van der Waals surface area contributed by atoms with Crippen LogP contribution in [0.1, 0.15) is 19.4 Å². The van der Waals surface area contributed by atoms with Gasteiger partial charge in [0, 0.05) is 19.2 Å². The van der Waals surface area contributed by atoms with Gasteiger partial charge >= 0.3 is 12.0 Å². The number of fused-ring (bicyclic) bond motifs is 1. The van der Waals surface area contributed by atoms with Gasteiger partial charge in [0.2, 0.25) is 0 Å². The number of para-hydroxylation sites is 2. The topological polar surface area (TPSA) is 93.8 Å². The number of benzene rings is 3. The van der Waals surface area contributed by atoms with Gasteiger partial charge in [0.25, 0.3) is 0 Å². The van der Waals surface area contributed by atoms with Crippen LogP contribution in [-0.4, -0.2) is 48.9 Å². The maximum absolute atomic E-state index is 11.3. The van der Waals surface area contributed by atoms with Crippen LogP contribution in [-0.2, 0) is 11.3 Å². The SMILES string of the molecule is CC(C)(Oc1cccc(CNCCOc2cccc([N+](C)(C)c3nc4ccccc4o3)c2)c1)C(=O)O. The molecule has 4 rings (SSSR count). The highest BCUT2D eigenvalue weighted by molar-refractivity contribution is 5.77. The third-order valence-corrected chi connectivity index (χ3v) is 5.89. The minimum absolute atomic E-state index is 0.348. The number of carbonyl (C=O) groups is 1. The van der Waals surface area contributed by atoms with Crippen molar-refractivity contribution in [2.75, 3.05) is 27.2 Å². The average Bonchev–Trinajstić information content (AvgIpc) is 3.29. The zero-order chi connectivity index (χ0) is 25.8. The van der Waals surface area contributed by atoms with E-state index >= 15 is 0 Å². The summed E-state index contributed by atoms with van der Waals surface area (Å²) >= 11 is 0. The first-order chi connectivity index (χ1) is 17.1. The third kappa shape index (κ3) is 5.84. The Hall–Kier alpha value is -3.88. The lowest BCUT2D eigenvalue weighted by molar-refractivity contribution is -0.152. The molecule has 2 N–H and O–H groups in total. The monoisotopic (exact) mass is 490 g/mol. The minimum atomic E-state index is -1.29.